The Morgan fingerprint density at radius 2 is 1.23 bits per heavy atom. The van der Waals surface area contributed by atoms with Gasteiger partial charge in [0.15, 0.2) is 23.3 Å². The van der Waals surface area contributed by atoms with Crippen molar-refractivity contribution < 1.29 is 30.0 Å². The van der Waals surface area contributed by atoms with E-state index < -0.39 is 6.09 Å². The highest BCUT2D eigenvalue weighted by Gasteiger charge is 2.21. The summed E-state index contributed by atoms with van der Waals surface area (Å²) >= 11 is 3.30. The largest absolute Gasteiger partial charge is 0.427 e. The van der Waals surface area contributed by atoms with Crippen LogP contribution in [-0.4, -0.2) is 91.1 Å². The maximum atomic E-state index is 12.1. The van der Waals surface area contributed by atoms with Gasteiger partial charge < -0.3 is 34.1 Å². The summed E-state index contributed by atoms with van der Waals surface area (Å²) < 4.78 is 24.0. The van der Waals surface area contributed by atoms with Crippen LogP contribution in [0.15, 0.2) is 71.4 Å². The Hall–Kier alpha value is -5.22. The predicted molar refractivity (Wildman–Crippen MR) is 223 cm³/mol. The Morgan fingerprint density at radius 3 is 1.73 bits per heavy atom. The molecule has 2 fully saturated rings. The highest BCUT2D eigenvalue weighted by Crippen LogP contribution is 2.34. The zero-order valence-corrected chi connectivity index (χ0v) is 33.2. The molecule has 15 heteroatoms. The minimum atomic E-state index is -0.474. The van der Waals surface area contributed by atoms with E-state index in [0.717, 1.165) is 88.6 Å². The van der Waals surface area contributed by atoms with E-state index in [1.807, 2.05) is 60.1 Å². The molecule has 1 N–H and O–H groups in total. The summed E-state index contributed by atoms with van der Waals surface area (Å²) in [4.78, 5) is 47.4. The van der Waals surface area contributed by atoms with Crippen molar-refractivity contribution in [2.45, 2.75) is 39.5 Å². The van der Waals surface area contributed by atoms with Gasteiger partial charge in [0.05, 0.1) is 46.9 Å². The first-order valence-corrected chi connectivity index (χ1v) is 20.8. The van der Waals surface area contributed by atoms with Gasteiger partial charge in [0.25, 0.3) is 0 Å². The molecule has 0 saturated carbocycles. The number of esters is 1. The van der Waals surface area contributed by atoms with E-state index in [1.54, 1.807) is 40.9 Å². The van der Waals surface area contributed by atoms with Crippen LogP contribution < -0.4 is 24.6 Å². The van der Waals surface area contributed by atoms with Crippen LogP contribution in [0.5, 0.6) is 11.5 Å². The molecule has 6 aromatic rings. The lowest BCUT2D eigenvalue weighted by Crippen LogP contribution is -2.36. The van der Waals surface area contributed by atoms with E-state index in [-0.39, 0.29) is 7.40 Å². The molecule has 0 spiro atoms. The summed E-state index contributed by atoms with van der Waals surface area (Å²) in [5, 5.41) is 6.69. The minimum absolute atomic E-state index is 0. The van der Waals surface area contributed by atoms with Crippen LogP contribution in [0.25, 0.3) is 43.2 Å². The monoisotopic (exact) mass is 797 g/mol. The van der Waals surface area contributed by atoms with Gasteiger partial charge in [0.2, 0.25) is 0 Å². The molecule has 0 unspecified atom stereocenters. The van der Waals surface area contributed by atoms with Crippen molar-refractivity contribution in [1.82, 2.24) is 25.3 Å². The molecule has 0 atom stereocenters. The standard InChI is InChI=1S/C22H25N3O3S.C19H20N4O3S.H2/c1-2-3-4-8-19(26)28-17-7-5-6-16(15-17)21-23-18-9-14-29-20(18)22(24-21)25-10-12-27-13-11-25;1-2-20-19(24)26-14-5-3-4-13(12-14)17-21-15-6-11-27-16(15)18(22-17)23-7-9-25-10-8-23;/h5-7,9,14-15H,2-4,8,10-13H2,1H3;3-6,11-12H,2,7-10H2,1H3,(H,20,24);1H. The fourth-order valence-electron chi connectivity index (χ4n) is 6.32. The minimum Gasteiger partial charge on any atom is -0.427 e. The molecule has 0 bridgehead atoms. The van der Waals surface area contributed by atoms with Gasteiger partial charge in [0, 0.05) is 51.7 Å². The van der Waals surface area contributed by atoms with E-state index in [1.165, 1.54) is 0 Å². The second kappa shape index (κ2) is 19.1. The van der Waals surface area contributed by atoms with Crippen LogP contribution in [0, 0.1) is 0 Å². The third-order valence-corrected chi connectivity index (χ3v) is 10.9. The lowest BCUT2D eigenvalue weighted by atomic mass is 10.2. The number of thiophene rings is 2. The number of carbonyl (C=O) groups is 2. The molecule has 6 heterocycles. The van der Waals surface area contributed by atoms with E-state index in [4.69, 9.17) is 38.9 Å². The molecule has 2 saturated heterocycles. The Morgan fingerprint density at radius 1 is 0.714 bits per heavy atom. The zero-order chi connectivity index (χ0) is 38.7. The average molecular weight is 798 g/mol. The number of rotatable bonds is 11. The molecule has 2 aliphatic heterocycles. The summed E-state index contributed by atoms with van der Waals surface area (Å²) in [6.45, 7) is 10.5. The summed E-state index contributed by atoms with van der Waals surface area (Å²) in [6, 6.07) is 18.8. The van der Waals surface area contributed by atoms with Crippen LogP contribution in [0.4, 0.5) is 16.4 Å². The maximum absolute atomic E-state index is 12.1. The number of nitrogens with zero attached hydrogens (tertiary/aromatic N) is 6. The first-order valence-electron chi connectivity index (χ1n) is 19.0. The number of anilines is 2. The third kappa shape index (κ3) is 9.77. The molecule has 13 nitrogen and oxygen atoms in total. The van der Waals surface area contributed by atoms with Crippen LogP contribution in [0.1, 0.15) is 41.0 Å². The fourth-order valence-corrected chi connectivity index (χ4v) is 8.02. The van der Waals surface area contributed by atoms with Gasteiger partial charge in [-0.1, -0.05) is 44.0 Å². The SMILES string of the molecule is CCCCCC(=O)Oc1cccc(-c2nc(N3CCOCC3)c3sccc3n2)c1.CCNC(=O)Oc1cccc(-c2nc(N3CCOCC3)c3sccc3n2)c1.[HH]. The lowest BCUT2D eigenvalue weighted by molar-refractivity contribution is -0.134. The quantitative estimate of drug-likeness (QED) is 0.0767. The highest BCUT2D eigenvalue weighted by atomic mass is 32.1. The molecule has 4 aromatic heterocycles. The molecule has 8 rings (SSSR count). The van der Waals surface area contributed by atoms with Gasteiger partial charge >= 0.3 is 12.1 Å². The molecule has 56 heavy (non-hydrogen) atoms. The normalized spacial score (nSPS) is 14.3. The molecule has 1 amide bonds. The number of fused-ring (bicyclic) bond motifs is 2. The van der Waals surface area contributed by atoms with Gasteiger partial charge in [-0.2, -0.15) is 0 Å². The lowest BCUT2D eigenvalue weighted by Gasteiger charge is -2.28. The van der Waals surface area contributed by atoms with E-state index in [2.05, 4.69) is 22.0 Å². The van der Waals surface area contributed by atoms with Crippen molar-refractivity contribution in [3.63, 3.8) is 0 Å². The van der Waals surface area contributed by atoms with Crippen LogP contribution in [0.3, 0.4) is 0 Å². The van der Waals surface area contributed by atoms with Gasteiger partial charge in [-0.15, -0.1) is 22.7 Å². The first-order chi connectivity index (χ1) is 27.5. The molecule has 2 aliphatic rings. The van der Waals surface area contributed by atoms with Crippen molar-refractivity contribution in [3.8, 4) is 34.3 Å². The smallest absolute Gasteiger partial charge is 0.412 e. The van der Waals surface area contributed by atoms with Crippen molar-refractivity contribution in [1.29, 1.82) is 0 Å². The maximum Gasteiger partial charge on any atom is 0.412 e. The van der Waals surface area contributed by atoms with Gasteiger partial charge in [-0.05, 0) is 60.5 Å². The Labute approximate surface area is 335 Å². The Balaban J connectivity index is 0.000000190. The summed E-state index contributed by atoms with van der Waals surface area (Å²) in [5.41, 5.74) is 3.50. The molecule has 0 radical (unpaired) electrons. The van der Waals surface area contributed by atoms with Crippen LogP contribution >= 0.6 is 22.7 Å². The van der Waals surface area contributed by atoms with E-state index >= 15 is 0 Å². The van der Waals surface area contributed by atoms with Crippen molar-refractivity contribution >= 4 is 66.8 Å². The number of ether oxygens (including phenoxy) is 4. The second-order valence-electron chi connectivity index (χ2n) is 13.1. The molecule has 294 valence electrons. The Bertz CT molecular complexity index is 2260. The number of unbranched alkanes of at least 4 members (excludes halogenated alkanes) is 2. The fraction of sp³-hybridized carbons (Fsp3) is 0.366. The summed E-state index contributed by atoms with van der Waals surface area (Å²) in [7, 11) is 0. The Kier molecular flexibility index (Phi) is 13.3. The molecule has 2 aromatic carbocycles. The van der Waals surface area contributed by atoms with Crippen molar-refractivity contribution in [3.05, 3.63) is 71.4 Å². The van der Waals surface area contributed by atoms with Gasteiger partial charge in [-0.3, -0.25) is 4.79 Å². The molecular formula is C41H47N7O6S2. The zero-order valence-electron chi connectivity index (χ0n) is 31.6. The number of aromatic nitrogens is 4. The number of amides is 1. The van der Waals surface area contributed by atoms with Crippen LogP contribution in [0.2, 0.25) is 0 Å². The highest BCUT2D eigenvalue weighted by molar-refractivity contribution is 7.18. The molecule has 0 aliphatic carbocycles. The van der Waals surface area contributed by atoms with Gasteiger partial charge in [-0.25, -0.2) is 24.7 Å². The number of hydrogen-bond acceptors (Lipinski definition) is 14. The number of carbonyl (C=O) groups excluding carboxylic acids is 2. The second-order valence-corrected chi connectivity index (χ2v) is 14.9. The predicted octanol–water partition coefficient (Wildman–Crippen LogP) is 8.23. The number of hydrogen-bond donors (Lipinski definition) is 1. The van der Waals surface area contributed by atoms with Crippen LogP contribution in [-0.2, 0) is 14.3 Å². The third-order valence-electron chi connectivity index (χ3n) is 9.12. The number of morpholine rings is 2. The van der Waals surface area contributed by atoms with Gasteiger partial charge in [0.1, 0.15) is 11.5 Å². The van der Waals surface area contributed by atoms with E-state index in [9.17, 15) is 9.59 Å². The van der Waals surface area contributed by atoms with Crippen molar-refractivity contribution in [2.24, 2.45) is 0 Å². The topological polar surface area (TPSA) is 141 Å². The summed E-state index contributed by atoms with van der Waals surface area (Å²) in [6.07, 6.45) is 2.94. The average Bonchev–Trinajstić information content (AvgIpc) is 3.92. The van der Waals surface area contributed by atoms with E-state index in [0.29, 0.717) is 62.5 Å². The molecular weight excluding hydrogens is 751 g/mol. The number of nitrogens with one attached hydrogen (secondary N) is 1. The summed E-state index contributed by atoms with van der Waals surface area (Å²) in [5.74, 6) is 3.93. The van der Waals surface area contributed by atoms with Crippen molar-refractivity contribution in [2.75, 3.05) is 69.0 Å². The first kappa shape index (κ1) is 39.0. The number of benzene rings is 2.